The van der Waals surface area contributed by atoms with Crippen LogP contribution >= 0.6 is 0 Å². The van der Waals surface area contributed by atoms with Crippen molar-refractivity contribution in [1.82, 2.24) is 5.32 Å². The molecule has 21 heavy (non-hydrogen) atoms. The zero-order chi connectivity index (χ0) is 14.7. The summed E-state index contributed by atoms with van der Waals surface area (Å²) in [6.45, 7) is 3.89. The third-order valence-corrected chi connectivity index (χ3v) is 3.64. The van der Waals surface area contributed by atoms with E-state index in [1.807, 2.05) is 6.92 Å². The molecule has 0 saturated carbocycles. The van der Waals surface area contributed by atoms with Gasteiger partial charge in [0.1, 0.15) is 6.10 Å². The molecule has 1 aromatic rings. The lowest BCUT2D eigenvalue weighted by molar-refractivity contribution is -0.0632. The van der Waals surface area contributed by atoms with E-state index in [4.69, 9.17) is 18.9 Å². The SMILES string of the molecule is CCOC1COCCC1NC(=O)c1ccc2c(c1)OCO2. The molecule has 2 aliphatic heterocycles. The van der Waals surface area contributed by atoms with E-state index in [9.17, 15) is 4.79 Å². The van der Waals surface area contributed by atoms with Crippen molar-refractivity contribution in [3.8, 4) is 11.5 Å². The Morgan fingerprint density at radius 3 is 3.10 bits per heavy atom. The van der Waals surface area contributed by atoms with E-state index in [1.54, 1.807) is 18.2 Å². The van der Waals surface area contributed by atoms with Gasteiger partial charge < -0.3 is 24.3 Å². The molecular formula is C15H19NO5. The quantitative estimate of drug-likeness (QED) is 0.907. The van der Waals surface area contributed by atoms with E-state index < -0.39 is 0 Å². The Balaban J connectivity index is 1.67. The molecule has 0 radical (unpaired) electrons. The van der Waals surface area contributed by atoms with Gasteiger partial charge in [0.2, 0.25) is 6.79 Å². The summed E-state index contributed by atoms with van der Waals surface area (Å²) in [4.78, 5) is 12.4. The Morgan fingerprint density at radius 1 is 1.38 bits per heavy atom. The Hall–Kier alpha value is -1.79. The molecule has 1 saturated heterocycles. The molecule has 0 aliphatic carbocycles. The molecule has 6 nitrogen and oxygen atoms in total. The van der Waals surface area contributed by atoms with Crippen LogP contribution in [0.15, 0.2) is 18.2 Å². The van der Waals surface area contributed by atoms with Gasteiger partial charge in [0, 0.05) is 18.8 Å². The van der Waals surface area contributed by atoms with E-state index in [1.165, 1.54) is 0 Å². The van der Waals surface area contributed by atoms with Crippen molar-refractivity contribution < 1.29 is 23.7 Å². The molecule has 2 atom stereocenters. The molecule has 0 aromatic heterocycles. The van der Waals surface area contributed by atoms with Crippen LogP contribution in [-0.2, 0) is 9.47 Å². The molecule has 1 N–H and O–H groups in total. The first-order valence-corrected chi connectivity index (χ1v) is 7.18. The number of hydrogen-bond donors (Lipinski definition) is 1. The lowest BCUT2D eigenvalue weighted by atomic mass is 10.1. The summed E-state index contributed by atoms with van der Waals surface area (Å²) in [5.74, 6) is 1.14. The first-order chi connectivity index (χ1) is 10.3. The summed E-state index contributed by atoms with van der Waals surface area (Å²) >= 11 is 0. The predicted molar refractivity (Wildman–Crippen MR) is 74.7 cm³/mol. The number of nitrogens with one attached hydrogen (secondary N) is 1. The predicted octanol–water partition coefficient (Wildman–Crippen LogP) is 1.34. The van der Waals surface area contributed by atoms with E-state index in [0.717, 1.165) is 6.42 Å². The van der Waals surface area contributed by atoms with Gasteiger partial charge in [-0.05, 0) is 31.5 Å². The highest BCUT2D eigenvalue weighted by molar-refractivity contribution is 5.95. The Morgan fingerprint density at radius 2 is 2.24 bits per heavy atom. The van der Waals surface area contributed by atoms with Crippen molar-refractivity contribution >= 4 is 5.91 Å². The highest BCUT2D eigenvalue weighted by Crippen LogP contribution is 2.32. The van der Waals surface area contributed by atoms with Crippen LogP contribution in [0.2, 0.25) is 0 Å². The molecule has 1 fully saturated rings. The number of carbonyl (C=O) groups excluding carboxylic acids is 1. The van der Waals surface area contributed by atoms with Crippen LogP contribution in [0.1, 0.15) is 23.7 Å². The van der Waals surface area contributed by atoms with Crippen molar-refractivity contribution in [3.63, 3.8) is 0 Å². The topological polar surface area (TPSA) is 66.0 Å². The van der Waals surface area contributed by atoms with Gasteiger partial charge >= 0.3 is 0 Å². The summed E-state index contributed by atoms with van der Waals surface area (Å²) < 4.78 is 21.6. The summed E-state index contributed by atoms with van der Waals surface area (Å²) in [5, 5.41) is 3.02. The Labute approximate surface area is 123 Å². The van der Waals surface area contributed by atoms with Gasteiger partial charge in [-0.2, -0.15) is 0 Å². The van der Waals surface area contributed by atoms with E-state index in [0.29, 0.717) is 36.9 Å². The number of fused-ring (bicyclic) bond motifs is 1. The first kappa shape index (κ1) is 14.2. The normalized spacial score (nSPS) is 23.9. The van der Waals surface area contributed by atoms with Gasteiger partial charge in [-0.15, -0.1) is 0 Å². The number of hydrogen-bond acceptors (Lipinski definition) is 5. The number of rotatable bonds is 4. The monoisotopic (exact) mass is 293 g/mol. The van der Waals surface area contributed by atoms with Crippen LogP contribution < -0.4 is 14.8 Å². The molecular weight excluding hydrogens is 274 g/mol. The van der Waals surface area contributed by atoms with Gasteiger partial charge in [-0.1, -0.05) is 0 Å². The van der Waals surface area contributed by atoms with Crippen molar-refractivity contribution in [2.45, 2.75) is 25.5 Å². The lowest BCUT2D eigenvalue weighted by Gasteiger charge is -2.31. The van der Waals surface area contributed by atoms with Crippen molar-refractivity contribution in [3.05, 3.63) is 23.8 Å². The fourth-order valence-electron chi connectivity index (χ4n) is 2.54. The Bertz CT molecular complexity index is 517. The van der Waals surface area contributed by atoms with Crippen LogP contribution in [0, 0.1) is 0 Å². The van der Waals surface area contributed by atoms with Gasteiger partial charge in [-0.25, -0.2) is 0 Å². The molecule has 1 amide bonds. The molecule has 1 aromatic carbocycles. The van der Waals surface area contributed by atoms with Crippen LogP contribution in [0.25, 0.3) is 0 Å². The van der Waals surface area contributed by atoms with Gasteiger partial charge in [0.15, 0.2) is 11.5 Å². The van der Waals surface area contributed by atoms with Crippen molar-refractivity contribution in [1.29, 1.82) is 0 Å². The smallest absolute Gasteiger partial charge is 0.251 e. The third-order valence-electron chi connectivity index (χ3n) is 3.64. The molecule has 2 heterocycles. The third kappa shape index (κ3) is 3.11. The van der Waals surface area contributed by atoms with Gasteiger partial charge in [0.25, 0.3) is 5.91 Å². The van der Waals surface area contributed by atoms with Crippen LogP contribution in [-0.4, -0.2) is 44.7 Å². The minimum Gasteiger partial charge on any atom is -0.454 e. The highest BCUT2D eigenvalue weighted by atomic mass is 16.7. The fourth-order valence-corrected chi connectivity index (χ4v) is 2.54. The maximum absolute atomic E-state index is 12.4. The van der Waals surface area contributed by atoms with E-state index in [-0.39, 0.29) is 24.8 Å². The molecule has 0 spiro atoms. The first-order valence-electron chi connectivity index (χ1n) is 7.18. The number of ether oxygens (including phenoxy) is 4. The standard InChI is InChI=1S/C15H19NO5/c1-2-19-14-8-18-6-5-11(14)16-15(17)10-3-4-12-13(7-10)21-9-20-12/h3-4,7,11,14H,2,5-6,8-9H2,1H3,(H,16,17). The number of benzene rings is 1. The molecule has 0 bridgehead atoms. The maximum atomic E-state index is 12.4. The van der Waals surface area contributed by atoms with E-state index in [2.05, 4.69) is 5.32 Å². The van der Waals surface area contributed by atoms with Crippen LogP contribution in [0.5, 0.6) is 11.5 Å². The second kappa shape index (κ2) is 6.32. The van der Waals surface area contributed by atoms with Crippen molar-refractivity contribution in [2.75, 3.05) is 26.6 Å². The second-order valence-corrected chi connectivity index (χ2v) is 5.01. The zero-order valence-corrected chi connectivity index (χ0v) is 12.0. The van der Waals surface area contributed by atoms with Crippen LogP contribution in [0.4, 0.5) is 0 Å². The lowest BCUT2D eigenvalue weighted by Crippen LogP contribution is -2.50. The molecule has 114 valence electrons. The summed E-state index contributed by atoms with van der Waals surface area (Å²) in [6, 6.07) is 5.16. The van der Waals surface area contributed by atoms with E-state index >= 15 is 0 Å². The largest absolute Gasteiger partial charge is 0.454 e. The minimum atomic E-state index is -0.134. The second-order valence-electron chi connectivity index (χ2n) is 5.01. The molecule has 2 aliphatic rings. The molecule has 6 heteroatoms. The summed E-state index contributed by atoms with van der Waals surface area (Å²) in [5.41, 5.74) is 0.556. The zero-order valence-electron chi connectivity index (χ0n) is 12.0. The van der Waals surface area contributed by atoms with Gasteiger partial charge in [0.05, 0.1) is 12.6 Å². The highest BCUT2D eigenvalue weighted by Gasteiger charge is 2.28. The average molecular weight is 293 g/mol. The summed E-state index contributed by atoms with van der Waals surface area (Å²) in [7, 11) is 0. The number of amides is 1. The maximum Gasteiger partial charge on any atom is 0.251 e. The summed E-state index contributed by atoms with van der Waals surface area (Å²) in [6.07, 6.45) is 0.655. The average Bonchev–Trinajstić information content (AvgIpc) is 2.97. The number of carbonyl (C=O) groups is 1. The molecule has 2 unspecified atom stereocenters. The fraction of sp³-hybridized carbons (Fsp3) is 0.533. The minimum absolute atomic E-state index is 0.0309. The Kier molecular flexibility index (Phi) is 4.26. The van der Waals surface area contributed by atoms with Crippen molar-refractivity contribution in [2.24, 2.45) is 0 Å². The molecule has 3 rings (SSSR count). The van der Waals surface area contributed by atoms with Crippen LogP contribution in [0.3, 0.4) is 0 Å². The van der Waals surface area contributed by atoms with Gasteiger partial charge in [-0.3, -0.25) is 4.79 Å².